The van der Waals surface area contributed by atoms with Crippen molar-refractivity contribution in [2.24, 2.45) is 10.2 Å². The van der Waals surface area contributed by atoms with Crippen molar-refractivity contribution in [3.05, 3.63) is 51.7 Å². The number of halogens is 1. The van der Waals surface area contributed by atoms with E-state index in [1.807, 2.05) is 61.6 Å². The molecule has 0 aliphatic heterocycles. The minimum atomic E-state index is 0.548. The smallest absolute Gasteiger partial charge is 0.127 e. The highest BCUT2D eigenvalue weighted by Gasteiger charge is 1.97. The van der Waals surface area contributed by atoms with Crippen molar-refractivity contribution < 1.29 is 0 Å². The lowest BCUT2D eigenvalue weighted by Gasteiger charge is -2.10. The van der Waals surface area contributed by atoms with Crippen LogP contribution in [0.1, 0.15) is 5.56 Å². The molecule has 98 valence electrons. The maximum atomic E-state index is 4.34. The highest BCUT2D eigenvalue weighted by molar-refractivity contribution is 14.1. The van der Waals surface area contributed by atoms with E-state index in [-0.39, 0.29) is 0 Å². The normalized spacial score (nSPS) is 10.9. The van der Waals surface area contributed by atoms with E-state index in [0.29, 0.717) is 6.54 Å². The molecule has 1 aromatic heterocycles. The van der Waals surface area contributed by atoms with Gasteiger partial charge in [0, 0.05) is 23.9 Å². The first-order chi connectivity index (χ1) is 9.15. The van der Waals surface area contributed by atoms with Gasteiger partial charge < -0.3 is 4.90 Å². The maximum absolute atomic E-state index is 4.34. The number of rotatable bonds is 4. The van der Waals surface area contributed by atoms with Crippen molar-refractivity contribution in [3.8, 4) is 0 Å². The Morgan fingerprint density at radius 3 is 2.42 bits per heavy atom. The number of pyridine rings is 1. The molecule has 0 N–H and O–H groups in total. The summed E-state index contributed by atoms with van der Waals surface area (Å²) in [5.41, 5.74) is 1.93. The molecule has 0 bridgehead atoms. The van der Waals surface area contributed by atoms with Crippen LogP contribution in [-0.4, -0.2) is 19.1 Å². The van der Waals surface area contributed by atoms with Gasteiger partial charge in [-0.2, -0.15) is 10.2 Å². The molecule has 0 aliphatic carbocycles. The molecule has 0 atom stereocenters. The van der Waals surface area contributed by atoms with Crippen molar-refractivity contribution in [2.75, 3.05) is 19.0 Å². The Morgan fingerprint density at radius 1 is 1.11 bits per heavy atom. The van der Waals surface area contributed by atoms with E-state index >= 15 is 0 Å². The summed E-state index contributed by atoms with van der Waals surface area (Å²) >= 11 is 2.27. The molecule has 19 heavy (non-hydrogen) atoms. The van der Waals surface area contributed by atoms with Crippen molar-refractivity contribution >= 4 is 34.1 Å². The van der Waals surface area contributed by atoms with Crippen LogP contribution in [0.4, 0.5) is 11.5 Å². The highest BCUT2D eigenvalue weighted by atomic mass is 127. The third-order valence-electron chi connectivity index (χ3n) is 2.53. The lowest BCUT2D eigenvalue weighted by atomic mass is 10.3. The van der Waals surface area contributed by atoms with Crippen LogP contribution in [0.3, 0.4) is 0 Å². The van der Waals surface area contributed by atoms with E-state index in [0.717, 1.165) is 17.1 Å². The molecule has 4 nitrogen and oxygen atoms in total. The van der Waals surface area contributed by atoms with Gasteiger partial charge in [-0.1, -0.05) is 6.07 Å². The van der Waals surface area contributed by atoms with E-state index in [1.54, 1.807) is 0 Å². The minimum Gasteiger partial charge on any atom is -0.363 e. The van der Waals surface area contributed by atoms with Crippen LogP contribution in [0.25, 0.3) is 0 Å². The third kappa shape index (κ3) is 4.27. The molecule has 0 saturated heterocycles. The molecular weight excluding hydrogens is 351 g/mol. The van der Waals surface area contributed by atoms with Crippen LogP contribution in [0, 0.1) is 3.57 Å². The van der Waals surface area contributed by atoms with Crippen molar-refractivity contribution in [1.82, 2.24) is 4.98 Å². The molecule has 0 unspecified atom stereocenters. The SMILES string of the molecule is CN(C)c1ccc(CN=Nc2ccc(I)cc2)cn1. The number of aromatic nitrogens is 1. The van der Waals surface area contributed by atoms with E-state index in [1.165, 1.54) is 3.57 Å². The summed E-state index contributed by atoms with van der Waals surface area (Å²) in [7, 11) is 3.94. The third-order valence-corrected chi connectivity index (χ3v) is 3.25. The number of hydrogen-bond donors (Lipinski definition) is 0. The molecular formula is C14H15IN4. The Bertz CT molecular complexity index is 547. The van der Waals surface area contributed by atoms with Gasteiger partial charge in [-0.05, 0) is 58.5 Å². The second-order valence-electron chi connectivity index (χ2n) is 4.30. The fourth-order valence-electron chi connectivity index (χ4n) is 1.48. The molecule has 0 aliphatic rings. The van der Waals surface area contributed by atoms with Gasteiger partial charge in [0.2, 0.25) is 0 Å². The van der Waals surface area contributed by atoms with Gasteiger partial charge in [0.05, 0.1) is 12.2 Å². The summed E-state index contributed by atoms with van der Waals surface area (Å²) in [6.07, 6.45) is 1.84. The number of nitrogens with zero attached hydrogens (tertiary/aromatic N) is 4. The predicted molar refractivity (Wildman–Crippen MR) is 85.9 cm³/mol. The topological polar surface area (TPSA) is 40.9 Å². The second kappa shape index (κ2) is 6.60. The summed E-state index contributed by atoms with van der Waals surface area (Å²) in [6.45, 7) is 0.548. The zero-order valence-corrected chi connectivity index (χ0v) is 13.1. The standard InChI is InChI=1S/C14H15IN4/c1-19(2)14-8-3-11(9-16-14)10-17-18-13-6-4-12(15)5-7-13/h3-9H,10H2,1-2H3. The first kappa shape index (κ1) is 13.9. The fraction of sp³-hybridized carbons (Fsp3) is 0.214. The zero-order valence-electron chi connectivity index (χ0n) is 10.9. The number of benzene rings is 1. The van der Waals surface area contributed by atoms with Gasteiger partial charge in [0.25, 0.3) is 0 Å². The number of azo groups is 1. The Balaban J connectivity index is 1.96. The van der Waals surface area contributed by atoms with E-state index in [9.17, 15) is 0 Å². The fourth-order valence-corrected chi connectivity index (χ4v) is 1.84. The van der Waals surface area contributed by atoms with E-state index in [4.69, 9.17) is 0 Å². The molecule has 0 spiro atoms. The number of hydrogen-bond acceptors (Lipinski definition) is 4. The van der Waals surface area contributed by atoms with Gasteiger partial charge in [-0.15, -0.1) is 0 Å². The van der Waals surface area contributed by atoms with Gasteiger partial charge in [-0.25, -0.2) is 4.98 Å². The molecule has 0 amide bonds. The molecule has 0 fully saturated rings. The molecule has 1 heterocycles. The lowest BCUT2D eigenvalue weighted by molar-refractivity contribution is 0.944. The molecule has 2 aromatic rings. The summed E-state index contributed by atoms with van der Waals surface area (Å²) in [5.74, 6) is 0.943. The monoisotopic (exact) mass is 366 g/mol. The summed E-state index contributed by atoms with van der Waals surface area (Å²) < 4.78 is 1.19. The van der Waals surface area contributed by atoms with E-state index < -0.39 is 0 Å². The first-order valence-corrected chi connectivity index (χ1v) is 6.98. The lowest BCUT2D eigenvalue weighted by Crippen LogP contribution is -2.10. The van der Waals surface area contributed by atoms with Gasteiger partial charge >= 0.3 is 0 Å². The summed E-state index contributed by atoms with van der Waals surface area (Å²) in [5, 5.41) is 8.37. The average molecular weight is 366 g/mol. The van der Waals surface area contributed by atoms with Crippen molar-refractivity contribution in [3.63, 3.8) is 0 Å². The van der Waals surface area contributed by atoms with Crippen LogP contribution in [0.5, 0.6) is 0 Å². The quantitative estimate of drug-likeness (QED) is 0.606. The Kier molecular flexibility index (Phi) is 4.84. The van der Waals surface area contributed by atoms with Crippen LogP contribution in [0.15, 0.2) is 52.8 Å². The van der Waals surface area contributed by atoms with Crippen molar-refractivity contribution in [2.45, 2.75) is 6.54 Å². The van der Waals surface area contributed by atoms with Crippen LogP contribution < -0.4 is 4.90 Å². The zero-order chi connectivity index (χ0) is 13.7. The molecule has 0 radical (unpaired) electrons. The average Bonchev–Trinajstić information content (AvgIpc) is 2.41. The van der Waals surface area contributed by atoms with Gasteiger partial charge in [0.15, 0.2) is 0 Å². The minimum absolute atomic E-state index is 0.548. The molecule has 5 heteroatoms. The van der Waals surface area contributed by atoms with Crippen LogP contribution >= 0.6 is 22.6 Å². The van der Waals surface area contributed by atoms with E-state index in [2.05, 4.69) is 37.8 Å². The largest absolute Gasteiger partial charge is 0.363 e. The maximum Gasteiger partial charge on any atom is 0.127 e. The van der Waals surface area contributed by atoms with Gasteiger partial charge in [0.1, 0.15) is 5.82 Å². The van der Waals surface area contributed by atoms with Crippen LogP contribution in [-0.2, 0) is 6.54 Å². The highest BCUT2D eigenvalue weighted by Crippen LogP contribution is 2.15. The molecule has 0 saturated carbocycles. The summed E-state index contributed by atoms with van der Waals surface area (Å²) in [6, 6.07) is 12.0. The summed E-state index contributed by atoms with van der Waals surface area (Å²) in [4.78, 5) is 6.31. The number of anilines is 1. The van der Waals surface area contributed by atoms with Crippen molar-refractivity contribution in [1.29, 1.82) is 0 Å². The second-order valence-corrected chi connectivity index (χ2v) is 5.54. The molecule has 2 rings (SSSR count). The predicted octanol–water partition coefficient (Wildman–Crippen LogP) is 4.04. The van der Waals surface area contributed by atoms with Gasteiger partial charge in [-0.3, -0.25) is 0 Å². The molecule has 1 aromatic carbocycles. The van der Waals surface area contributed by atoms with Crippen LogP contribution in [0.2, 0.25) is 0 Å². The Hall–Kier alpha value is -1.50. The Morgan fingerprint density at radius 2 is 1.84 bits per heavy atom. The Labute approximate surface area is 126 Å². The first-order valence-electron chi connectivity index (χ1n) is 5.90.